The van der Waals surface area contributed by atoms with E-state index < -0.39 is 0 Å². The Morgan fingerprint density at radius 1 is 1.03 bits per heavy atom. The largest absolute Gasteiger partial charge is 0.493 e. The van der Waals surface area contributed by atoms with Gasteiger partial charge in [0.2, 0.25) is 0 Å². The van der Waals surface area contributed by atoms with Crippen molar-refractivity contribution in [1.29, 1.82) is 0 Å². The summed E-state index contributed by atoms with van der Waals surface area (Å²) in [6.07, 6.45) is 0.464. The molecule has 4 rings (SSSR count). The second-order valence-corrected chi connectivity index (χ2v) is 8.01. The highest BCUT2D eigenvalue weighted by atomic mass is 35.5. The zero-order chi connectivity index (χ0) is 20.5. The summed E-state index contributed by atoms with van der Waals surface area (Å²) in [5, 5.41) is 3.37. The summed E-state index contributed by atoms with van der Waals surface area (Å²) in [6, 6.07) is 10.9. The van der Waals surface area contributed by atoms with Crippen LogP contribution in [-0.4, -0.2) is 24.2 Å². The molecule has 0 fully saturated rings. The number of H-pyrrole nitrogens is 1. The number of ether oxygens (including phenoxy) is 2. The van der Waals surface area contributed by atoms with Crippen LogP contribution in [0.1, 0.15) is 11.4 Å². The minimum absolute atomic E-state index is 0.187. The molecule has 0 amide bonds. The summed E-state index contributed by atoms with van der Waals surface area (Å²) in [5.41, 5.74) is 2.37. The van der Waals surface area contributed by atoms with Crippen LogP contribution in [-0.2, 0) is 6.42 Å². The van der Waals surface area contributed by atoms with Crippen LogP contribution in [0, 0.1) is 0 Å². The van der Waals surface area contributed by atoms with Crippen LogP contribution in [0.3, 0.4) is 0 Å². The molecule has 148 valence electrons. The monoisotopic (exact) mass is 446 g/mol. The van der Waals surface area contributed by atoms with Crippen LogP contribution in [0.25, 0.3) is 21.3 Å². The predicted molar refractivity (Wildman–Crippen MR) is 118 cm³/mol. The van der Waals surface area contributed by atoms with Gasteiger partial charge in [-0.2, -0.15) is 0 Å². The summed E-state index contributed by atoms with van der Waals surface area (Å²) >= 11 is 13.6. The van der Waals surface area contributed by atoms with Gasteiger partial charge in [0.25, 0.3) is 5.56 Å². The van der Waals surface area contributed by atoms with E-state index in [0.717, 1.165) is 16.7 Å². The summed E-state index contributed by atoms with van der Waals surface area (Å²) in [5.74, 6) is 1.86. The molecule has 1 N–H and O–H groups in total. The van der Waals surface area contributed by atoms with Crippen molar-refractivity contribution in [3.8, 4) is 22.6 Å². The molecule has 0 saturated carbocycles. The molecular formula is C21H16Cl2N2O3S. The van der Waals surface area contributed by atoms with Gasteiger partial charge in [0.1, 0.15) is 10.7 Å². The zero-order valence-electron chi connectivity index (χ0n) is 15.6. The van der Waals surface area contributed by atoms with E-state index in [2.05, 4.69) is 9.97 Å². The first-order valence-corrected chi connectivity index (χ1v) is 10.3. The van der Waals surface area contributed by atoms with Crippen molar-refractivity contribution < 1.29 is 9.47 Å². The fourth-order valence-corrected chi connectivity index (χ4v) is 4.40. The summed E-state index contributed by atoms with van der Waals surface area (Å²) < 4.78 is 10.6. The lowest BCUT2D eigenvalue weighted by atomic mass is 10.1. The van der Waals surface area contributed by atoms with E-state index in [9.17, 15) is 4.79 Å². The number of hydrogen-bond donors (Lipinski definition) is 1. The molecule has 0 aliphatic carbocycles. The van der Waals surface area contributed by atoms with Crippen LogP contribution in [0.2, 0.25) is 10.0 Å². The average Bonchev–Trinajstić information content (AvgIpc) is 3.14. The molecule has 2 aromatic carbocycles. The first-order valence-electron chi connectivity index (χ1n) is 8.67. The number of nitrogens with zero attached hydrogens (tertiary/aromatic N) is 1. The fraction of sp³-hybridized carbons (Fsp3) is 0.143. The average molecular weight is 447 g/mol. The predicted octanol–water partition coefficient (Wildman–Crippen LogP) is 5.57. The molecule has 0 unspecified atom stereocenters. The minimum atomic E-state index is -0.187. The maximum atomic E-state index is 12.8. The first kappa shape index (κ1) is 19.8. The molecule has 2 aromatic heterocycles. The first-order chi connectivity index (χ1) is 14.0. The number of fused-ring (bicyclic) bond motifs is 1. The van der Waals surface area contributed by atoms with Crippen LogP contribution in [0.15, 0.2) is 46.6 Å². The topological polar surface area (TPSA) is 64.2 Å². The van der Waals surface area contributed by atoms with Crippen molar-refractivity contribution in [2.45, 2.75) is 6.42 Å². The Morgan fingerprint density at radius 3 is 2.55 bits per heavy atom. The van der Waals surface area contributed by atoms with Gasteiger partial charge in [0.05, 0.1) is 29.7 Å². The Bertz CT molecular complexity index is 1270. The highest BCUT2D eigenvalue weighted by molar-refractivity contribution is 7.17. The number of thiophene rings is 1. The van der Waals surface area contributed by atoms with Gasteiger partial charge >= 0.3 is 0 Å². The smallest absolute Gasteiger partial charge is 0.260 e. The third kappa shape index (κ3) is 3.83. The molecular weight excluding hydrogens is 431 g/mol. The molecule has 0 radical (unpaired) electrons. The SMILES string of the molecule is COc1ccc(Cc2nc3scc(-c4ccc(Cl)c(Cl)c4)c3c(=O)[nH]2)cc1OC. The number of nitrogens with one attached hydrogen (secondary N) is 1. The van der Waals surface area contributed by atoms with Gasteiger partial charge in [-0.05, 0) is 35.4 Å². The van der Waals surface area contributed by atoms with Gasteiger partial charge in [-0.1, -0.05) is 35.3 Å². The third-order valence-electron chi connectivity index (χ3n) is 4.54. The van der Waals surface area contributed by atoms with E-state index in [0.29, 0.717) is 44.0 Å². The van der Waals surface area contributed by atoms with Gasteiger partial charge in [-0.15, -0.1) is 11.3 Å². The molecule has 0 aliphatic heterocycles. The molecule has 0 spiro atoms. The number of benzene rings is 2. The Kier molecular flexibility index (Phi) is 5.50. The van der Waals surface area contributed by atoms with Crippen molar-refractivity contribution in [3.05, 3.63) is 73.6 Å². The Balaban J connectivity index is 1.72. The Hall–Kier alpha value is -2.54. The summed E-state index contributed by atoms with van der Waals surface area (Å²) in [6.45, 7) is 0. The lowest BCUT2D eigenvalue weighted by molar-refractivity contribution is 0.354. The van der Waals surface area contributed by atoms with Crippen molar-refractivity contribution in [3.63, 3.8) is 0 Å². The lowest BCUT2D eigenvalue weighted by Gasteiger charge is -2.09. The van der Waals surface area contributed by atoms with Crippen molar-refractivity contribution in [2.24, 2.45) is 0 Å². The number of aromatic nitrogens is 2. The minimum Gasteiger partial charge on any atom is -0.493 e. The zero-order valence-corrected chi connectivity index (χ0v) is 17.9. The molecule has 2 heterocycles. The lowest BCUT2D eigenvalue weighted by Crippen LogP contribution is -2.11. The number of aromatic amines is 1. The molecule has 8 heteroatoms. The quantitative estimate of drug-likeness (QED) is 0.435. The van der Waals surface area contributed by atoms with Crippen LogP contribution in [0.4, 0.5) is 0 Å². The van der Waals surface area contributed by atoms with Gasteiger partial charge in [0.15, 0.2) is 11.5 Å². The molecule has 0 saturated heterocycles. The van der Waals surface area contributed by atoms with Crippen LogP contribution in [0.5, 0.6) is 11.5 Å². The maximum Gasteiger partial charge on any atom is 0.260 e. The second kappa shape index (κ2) is 8.06. The van der Waals surface area contributed by atoms with E-state index >= 15 is 0 Å². The van der Waals surface area contributed by atoms with Crippen molar-refractivity contribution in [2.75, 3.05) is 14.2 Å². The maximum absolute atomic E-state index is 12.8. The van der Waals surface area contributed by atoms with Gasteiger partial charge in [-0.25, -0.2) is 4.98 Å². The number of methoxy groups -OCH3 is 2. The molecule has 0 atom stereocenters. The molecule has 5 nitrogen and oxygen atoms in total. The molecule has 0 bridgehead atoms. The van der Waals surface area contributed by atoms with Crippen molar-refractivity contribution >= 4 is 44.8 Å². The standard InChI is InChI=1S/C21H16Cl2N2O3S/c1-27-16-6-3-11(7-17(16)28-2)8-18-24-20(26)19-13(10-29-21(19)25-18)12-4-5-14(22)15(23)9-12/h3-7,9-10H,8H2,1-2H3,(H,24,25,26). The van der Waals surface area contributed by atoms with E-state index in [1.54, 1.807) is 26.4 Å². The van der Waals surface area contributed by atoms with E-state index in [-0.39, 0.29) is 5.56 Å². The van der Waals surface area contributed by atoms with E-state index in [1.807, 2.05) is 29.6 Å². The van der Waals surface area contributed by atoms with Gasteiger partial charge < -0.3 is 14.5 Å². The van der Waals surface area contributed by atoms with Crippen LogP contribution >= 0.6 is 34.5 Å². The van der Waals surface area contributed by atoms with E-state index in [4.69, 9.17) is 32.7 Å². The van der Waals surface area contributed by atoms with Gasteiger partial charge in [-0.3, -0.25) is 4.79 Å². The van der Waals surface area contributed by atoms with Gasteiger partial charge in [0, 0.05) is 17.4 Å². The second-order valence-electron chi connectivity index (χ2n) is 6.34. The summed E-state index contributed by atoms with van der Waals surface area (Å²) in [7, 11) is 3.18. The summed E-state index contributed by atoms with van der Waals surface area (Å²) in [4.78, 5) is 21.0. The molecule has 29 heavy (non-hydrogen) atoms. The number of halogens is 2. The molecule has 0 aliphatic rings. The highest BCUT2D eigenvalue weighted by Gasteiger charge is 2.15. The fourth-order valence-electron chi connectivity index (χ4n) is 3.14. The highest BCUT2D eigenvalue weighted by Crippen LogP contribution is 2.34. The van der Waals surface area contributed by atoms with E-state index in [1.165, 1.54) is 11.3 Å². The number of rotatable bonds is 5. The van der Waals surface area contributed by atoms with Crippen molar-refractivity contribution in [1.82, 2.24) is 9.97 Å². The molecule has 4 aromatic rings. The Labute approximate surface area is 180 Å². The Morgan fingerprint density at radius 2 is 1.83 bits per heavy atom. The van der Waals surface area contributed by atoms with Crippen LogP contribution < -0.4 is 15.0 Å². The normalized spacial score (nSPS) is 11.0. The third-order valence-corrected chi connectivity index (χ3v) is 6.15. The number of hydrogen-bond acceptors (Lipinski definition) is 5.